The summed E-state index contributed by atoms with van der Waals surface area (Å²) in [4.78, 5) is 2.52. The summed E-state index contributed by atoms with van der Waals surface area (Å²) >= 11 is 0. The number of pyridine rings is 1. The normalized spacial score (nSPS) is 12.6. The fraction of sp³-hybridized carbons (Fsp3) is 0.0484. The summed E-state index contributed by atoms with van der Waals surface area (Å²) < 4.78 is 2.25. The fourth-order valence-corrected chi connectivity index (χ4v) is 10.3. The van der Waals surface area contributed by atoms with Crippen LogP contribution in [0.15, 0.2) is 237 Å². The van der Waals surface area contributed by atoms with Gasteiger partial charge in [0, 0.05) is 44.3 Å². The Bertz CT molecular complexity index is 3480. The van der Waals surface area contributed by atoms with E-state index in [-0.39, 0.29) is 5.41 Å². The summed E-state index contributed by atoms with van der Waals surface area (Å²) in [6, 6.07) is 85.9. The Morgan fingerprint density at radius 1 is 0.385 bits per heavy atom. The number of rotatable bonds is 8. The predicted molar refractivity (Wildman–Crippen MR) is 272 cm³/mol. The van der Waals surface area contributed by atoms with E-state index in [2.05, 4.69) is 260 Å². The van der Waals surface area contributed by atoms with Gasteiger partial charge in [0.05, 0.1) is 16.9 Å². The Balaban J connectivity index is 1.25. The van der Waals surface area contributed by atoms with Gasteiger partial charge in [-0.1, -0.05) is 220 Å². The second-order valence-corrected chi connectivity index (χ2v) is 17.6. The van der Waals surface area contributed by atoms with E-state index in [0.29, 0.717) is 0 Å². The molecule has 0 bridgehead atoms. The van der Waals surface area contributed by atoms with Gasteiger partial charge in [-0.15, -0.1) is 0 Å². The SMILES string of the molecule is CC1(C)c2ccccc2-c2ccc(N(c3cc(-c4ccccc4)cc(-c4ccccc4)c3)c3c(-c4ccccc4)n4nc(-c5ccccc5)c(-c5ccccc5)c4c4ccccc34)cc21. The van der Waals surface area contributed by atoms with Crippen LogP contribution in [0.1, 0.15) is 25.0 Å². The molecule has 0 amide bonds. The lowest BCUT2D eigenvalue weighted by atomic mass is 9.82. The van der Waals surface area contributed by atoms with Crippen molar-refractivity contribution in [1.82, 2.24) is 9.61 Å². The molecule has 0 unspecified atom stereocenters. The van der Waals surface area contributed by atoms with Crippen molar-refractivity contribution in [2.45, 2.75) is 19.3 Å². The van der Waals surface area contributed by atoms with Crippen molar-refractivity contribution in [3.63, 3.8) is 0 Å². The first kappa shape index (κ1) is 38.4. The maximum absolute atomic E-state index is 5.74. The largest absolute Gasteiger partial charge is 0.308 e. The number of fused-ring (bicyclic) bond motifs is 6. The Kier molecular flexibility index (Phi) is 9.17. The van der Waals surface area contributed by atoms with Crippen LogP contribution in [0.3, 0.4) is 0 Å². The number of hydrogen-bond acceptors (Lipinski definition) is 2. The highest BCUT2D eigenvalue weighted by molar-refractivity contribution is 6.16. The molecule has 2 heterocycles. The quantitative estimate of drug-likeness (QED) is 0.152. The third-order valence-corrected chi connectivity index (χ3v) is 13.4. The smallest absolute Gasteiger partial charge is 0.101 e. The molecule has 0 N–H and O–H groups in total. The molecule has 0 aliphatic heterocycles. The molecule has 0 saturated carbocycles. The Morgan fingerprint density at radius 2 is 0.877 bits per heavy atom. The summed E-state index contributed by atoms with van der Waals surface area (Å²) in [7, 11) is 0. The zero-order valence-corrected chi connectivity index (χ0v) is 36.4. The van der Waals surface area contributed by atoms with Crippen molar-refractivity contribution in [2.24, 2.45) is 0 Å². The van der Waals surface area contributed by atoms with E-state index in [1.165, 1.54) is 22.3 Å². The van der Waals surface area contributed by atoms with Gasteiger partial charge in [0.2, 0.25) is 0 Å². The van der Waals surface area contributed by atoms with E-state index in [0.717, 1.165) is 89.2 Å². The number of nitrogens with zero attached hydrogens (tertiary/aromatic N) is 3. The molecule has 0 spiro atoms. The zero-order valence-electron chi connectivity index (χ0n) is 36.4. The van der Waals surface area contributed by atoms with Gasteiger partial charge in [-0.2, -0.15) is 5.10 Å². The van der Waals surface area contributed by atoms with Crippen LogP contribution in [-0.4, -0.2) is 9.61 Å². The van der Waals surface area contributed by atoms with Gasteiger partial charge >= 0.3 is 0 Å². The van der Waals surface area contributed by atoms with Crippen molar-refractivity contribution in [1.29, 1.82) is 0 Å². The van der Waals surface area contributed by atoms with E-state index in [9.17, 15) is 0 Å². The molecule has 0 radical (unpaired) electrons. The van der Waals surface area contributed by atoms with Gasteiger partial charge in [-0.3, -0.25) is 0 Å². The minimum absolute atomic E-state index is 0.208. The molecule has 1 aliphatic carbocycles. The molecule has 9 aromatic carbocycles. The van der Waals surface area contributed by atoms with Gasteiger partial charge in [-0.05, 0) is 80.4 Å². The molecule has 3 nitrogen and oxygen atoms in total. The highest BCUT2D eigenvalue weighted by Gasteiger charge is 2.36. The first-order chi connectivity index (χ1) is 32.0. The van der Waals surface area contributed by atoms with E-state index >= 15 is 0 Å². The van der Waals surface area contributed by atoms with Crippen LogP contribution in [0.5, 0.6) is 0 Å². The molecular weight excluding hydrogens is 787 g/mol. The predicted octanol–water partition coefficient (Wildman–Crippen LogP) is 16.6. The maximum Gasteiger partial charge on any atom is 0.101 e. The topological polar surface area (TPSA) is 20.5 Å². The van der Waals surface area contributed by atoms with Crippen molar-refractivity contribution < 1.29 is 0 Å². The molecule has 2 aromatic heterocycles. The zero-order chi connectivity index (χ0) is 43.5. The highest BCUT2D eigenvalue weighted by atomic mass is 15.3. The number of anilines is 3. The monoisotopic (exact) mass is 831 g/mol. The highest BCUT2D eigenvalue weighted by Crippen LogP contribution is 2.54. The maximum atomic E-state index is 5.74. The van der Waals surface area contributed by atoms with Gasteiger partial charge in [0.25, 0.3) is 0 Å². The van der Waals surface area contributed by atoms with Gasteiger partial charge < -0.3 is 4.90 Å². The van der Waals surface area contributed by atoms with Crippen LogP contribution in [0.2, 0.25) is 0 Å². The second kappa shape index (κ2) is 15.5. The number of benzene rings is 9. The minimum atomic E-state index is -0.208. The summed E-state index contributed by atoms with van der Waals surface area (Å²) in [5.74, 6) is 0. The average molecular weight is 832 g/mol. The van der Waals surface area contributed by atoms with Crippen LogP contribution >= 0.6 is 0 Å². The second-order valence-electron chi connectivity index (χ2n) is 17.6. The standard InChI is InChI=1S/C62H45N3/c1-62(2)55-35-21-20-32-51(55)52-37-36-49(41-56(52)62)64(50-39-47(42-22-8-3-9-23-42)38-48(40-50)43-24-10-4-11-25-43)61-54-34-19-18-33-53(54)60-57(44-26-12-5-13-27-44)58(45-28-14-6-15-29-45)63-65(60)59(61)46-30-16-7-17-31-46/h3-41H,1-2H3. The van der Waals surface area contributed by atoms with Crippen LogP contribution < -0.4 is 4.90 Å². The van der Waals surface area contributed by atoms with E-state index < -0.39 is 0 Å². The van der Waals surface area contributed by atoms with E-state index in [1.807, 2.05) is 0 Å². The first-order valence-electron chi connectivity index (χ1n) is 22.5. The third-order valence-electron chi connectivity index (χ3n) is 13.4. The van der Waals surface area contributed by atoms with Crippen LogP contribution in [-0.2, 0) is 5.41 Å². The summed E-state index contributed by atoms with van der Waals surface area (Å²) in [5, 5.41) is 8.00. The minimum Gasteiger partial charge on any atom is -0.308 e. The van der Waals surface area contributed by atoms with Crippen LogP contribution in [0.25, 0.3) is 83.3 Å². The lowest BCUT2D eigenvalue weighted by Crippen LogP contribution is -2.18. The van der Waals surface area contributed by atoms with Crippen molar-refractivity contribution >= 4 is 33.4 Å². The van der Waals surface area contributed by atoms with Crippen molar-refractivity contribution in [3.8, 4) is 67.0 Å². The van der Waals surface area contributed by atoms with Crippen molar-refractivity contribution in [2.75, 3.05) is 4.90 Å². The molecule has 0 fully saturated rings. The molecule has 3 heteroatoms. The van der Waals surface area contributed by atoms with Crippen LogP contribution in [0, 0.1) is 0 Å². The average Bonchev–Trinajstić information content (AvgIpc) is 3.88. The molecule has 308 valence electrons. The fourth-order valence-electron chi connectivity index (χ4n) is 10.3. The molecule has 0 saturated heterocycles. The third kappa shape index (κ3) is 6.39. The molecule has 0 atom stereocenters. The van der Waals surface area contributed by atoms with Gasteiger partial charge in [-0.25, -0.2) is 4.52 Å². The molecule has 11 aromatic rings. The molecular formula is C62H45N3. The lowest BCUT2D eigenvalue weighted by molar-refractivity contribution is 0.660. The van der Waals surface area contributed by atoms with Crippen molar-refractivity contribution in [3.05, 3.63) is 248 Å². The molecule has 12 rings (SSSR count). The number of hydrogen-bond donors (Lipinski definition) is 0. The first-order valence-corrected chi connectivity index (χ1v) is 22.5. The lowest BCUT2D eigenvalue weighted by Gasteiger charge is -2.32. The summed E-state index contributed by atoms with van der Waals surface area (Å²) in [6.07, 6.45) is 0. The Hall–Kier alpha value is -8.27. The van der Waals surface area contributed by atoms with E-state index in [4.69, 9.17) is 5.10 Å². The van der Waals surface area contributed by atoms with Gasteiger partial charge in [0.15, 0.2) is 0 Å². The molecule has 65 heavy (non-hydrogen) atoms. The van der Waals surface area contributed by atoms with Crippen LogP contribution in [0.4, 0.5) is 17.1 Å². The van der Waals surface area contributed by atoms with E-state index in [1.54, 1.807) is 0 Å². The molecule has 1 aliphatic rings. The van der Waals surface area contributed by atoms with Gasteiger partial charge in [0.1, 0.15) is 5.69 Å². The summed E-state index contributed by atoms with van der Waals surface area (Å²) in [6.45, 7) is 4.73. The summed E-state index contributed by atoms with van der Waals surface area (Å²) in [5.41, 5.74) is 20.2. The number of aromatic nitrogens is 2. The Morgan fingerprint density at radius 3 is 1.49 bits per heavy atom. The Labute approximate surface area is 380 Å².